The quantitative estimate of drug-likeness (QED) is 0.596. The Balaban J connectivity index is 1.37. The molecule has 2 aliphatic heterocycles. The van der Waals surface area contributed by atoms with Gasteiger partial charge in [-0.25, -0.2) is 9.97 Å². The molecule has 7 nitrogen and oxygen atoms in total. The van der Waals surface area contributed by atoms with E-state index in [-0.39, 0.29) is 0 Å². The van der Waals surface area contributed by atoms with Crippen LogP contribution in [-0.2, 0) is 9.97 Å². The summed E-state index contributed by atoms with van der Waals surface area (Å²) in [6.07, 6.45) is 5.02. The number of hydrogen-bond donors (Lipinski definition) is 1. The van der Waals surface area contributed by atoms with E-state index in [2.05, 4.69) is 26.4 Å². The van der Waals surface area contributed by atoms with Crippen molar-refractivity contribution in [2.45, 2.75) is 43.4 Å². The van der Waals surface area contributed by atoms with Gasteiger partial charge in [0.1, 0.15) is 5.82 Å². The van der Waals surface area contributed by atoms with E-state index in [1.165, 1.54) is 4.68 Å². The number of benzene rings is 1. The van der Waals surface area contributed by atoms with Crippen LogP contribution in [0.25, 0.3) is 10.9 Å². The summed E-state index contributed by atoms with van der Waals surface area (Å²) in [4.78, 5) is 11.7. The average Bonchev–Trinajstić information content (AvgIpc) is 3.43. The zero-order valence-corrected chi connectivity index (χ0v) is 19.4. The maximum atomic E-state index is 6.69. The highest BCUT2D eigenvalue weighted by atomic mass is 35.5. The number of nitrogens with one attached hydrogen (secondary N) is 1. The summed E-state index contributed by atoms with van der Waals surface area (Å²) in [5.74, 6) is 1.32. The maximum absolute atomic E-state index is 6.69. The van der Waals surface area contributed by atoms with E-state index in [0.29, 0.717) is 29.4 Å². The standard InChI is InChI=1S/C22H24B3ClN6O/c1-13-8-20(32(30-13)22(23,24)25)29-21-27-11-15-9-18(26)17(10-19(15)28-21)14-2-5-31(6-3-14)16-4-7-33-12-16/h8-11,14,16H,2-7,12H2,1H3,(H,27,28,29)/t16-/m1/s1. The topological polar surface area (TPSA) is 68.1 Å². The molecule has 0 aliphatic carbocycles. The molecule has 2 fully saturated rings. The number of halogens is 1. The Bertz CT molecular complexity index is 1150. The lowest BCUT2D eigenvalue weighted by Gasteiger charge is -2.35. The van der Waals surface area contributed by atoms with Crippen LogP contribution in [0.4, 0.5) is 11.8 Å². The average molecular weight is 456 g/mol. The van der Waals surface area contributed by atoms with Gasteiger partial charge in [-0.3, -0.25) is 9.58 Å². The van der Waals surface area contributed by atoms with Gasteiger partial charge < -0.3 is 10.1 Å². The Morgan fingerprint density at radius 1 is 1.15 bits per heavy atom. The van der Waals surface area contributed by atoms with Crippen LogP contribution >= 0.6 is 11.6 Å². The van der Waals surface area contributed by atoms with Crippen molar-refractivity contribution in [2.24, 2.45) is 0 Å². The number of hydrogen-bond acceptors (Lipinski definition) is 6. The predicted octanol–water partition coefficient (Wildman–Crippen LogP) is 2.57. The summed E-state index contributed by atoms with van der Waals surface area (Å²) in [6.45, 7) is 5.68. The lowest BCUT2D eigenvalue weighted by Crippen LogP contribution is -2.41. The number of rotatable bonds is 5. The van der Waals surface area contributed by atoms with Crippen LogP contribution in [0.3, 0.4) is 0 Å². The Morgan fingerprint density at radius 3 is 2.64 bits per heavy atom. The van der Waals surface area contributed by atoms with Crippen molar-refractivity contribution in [1.29, 1.82) is 0 Å². The van der Waals surface area contributed by atoms with Crippen molar-refractivity contribution in [2.75, 3.05) is 31.6 Å². The number of anilines is 2. The molecule has 5 rings (SSSR count). The molecule has 1 aromatic carbocycles. The third kappa shape index (κ3) is 4.79. The zero-order chi connectivity index (χ0) is 23.2. The highest BCUT2D eigenvalue weighted by Gasteiger charge is 2.29. The number of aromatic nitrogens is 4. The van der Waals surface area contributed by atoms with Gasteiger partial charge in [-0.2, -0.15) is 5.10 Å². The van der Waals surface area contributed by atoms with Crippen LogP contribution < -0.4 is 5.32 Å². The SMILES string of the molecule is [B]C([B])([B])n1nc(C)cc1Nc1ncc2cc(Cl)c(C3CCN([C@@H]4CCOC4)CC3)cc2n1. The largest absolute Gasteiger partial charge is 0.380 e. The molecular formula is C22H24B3ClN6O. The monoisotopic (exact) mass is 456 g/mol. The second kappa shape index (κ2) is 8.97. The van der Waals surface area contributed by atoms with Gasteiger partial charge in [0.05, 0.1) is 41.4 Å². The molecule has 0 saturated carbocycles. The minimum Gasteiger partial charge on any atom is -0.380 e. The number of likely N-dealkylation sites (tertiary alicyclic amines) is 1. The molecule has 0 bridgehead atoms. The number of fused-ring (bicyclic) bond motifs is 1. The van der Waals surface area contributed by atoms with Gasteiger partial charge >= 0.3 is 0 Å². The van der Waals surface area contributed by atoms with Crippen LogP contribution in [0, 0.1) is 6.92 Å². The Morgan fingerprint density at radius 2 is 1.94 bits per heavy atom. The van der Waals surface area contributed by atoms with Gasteiger partial charge in [-0.15, -0.1) is 0 Å². The molecule has 0 spiro atoms. The molecule has 4 heterocycles. The van der Waals surface area contributed by atoms with Gasteiger partial charge in [0, 0.05) is 35.3 Å². The smallest absolute Gasteiger partial charge is 0.228 e. The molecule has 3 aromatic rings. The van der Waals surface area contributed by atoms with Crippen molar-refractivity contribution in [3.63, 3.8) is 0 Å². The highest BCUT2D eigenvalue weighted by Crippen LogP contribution is 2.36. The van der Waals surface area contributed by atoms with Crippen molar-refractivity contribution in [1.82, 2.24) is 24.6 Å². The van der Waals surface area contributed by atoms with Crippen LogP contribution in [0.2, 0.25) is 5.02 Å². The molecule has 11 heteroatoms. The highest BCUT2D eigenvalue weighted by molar-refractivity contribution is 6.56. The van der Waals surface area contributed by atoms with E-state index in [4.69, 9.17) is 44.9 Å². The number of piperidine rings is 1. The molecule has 164 valence electrons. The van der Waals surface area contributed by atoms with Gasteiger partial charge in [0.2, 0.25) is 5.95 Å². The lowest BCUT2D eigenvalue weighted by molar-refractivity contribution is 0.122. The van der Waals surface area contributed by atoms with E-state index in [9.17, 15) is 0 Å². The molecule has 0 unspecified atom stereocenters. The molecule has 33 heavy (non-hydrogen) atoms. The summed E-state index contributed by atoms with van der Waals surface area (Å²) in [7, 11) is 17.5. The molecule has 2 aromatic heterocycles. The third-order valence-corrected chi connectivity index (χ3v) is 6.86. The van der Waals surface area contributed by atoms with Crippen molar-refractivity contribution in [3.05, 3.63) is 40.7 Å². The summed E-state index contributed by atoms with van der Waals surface area (Å²) in [5, 5.41) is 7.39. The van der Waals surface area contributed by atoms with E-state index in [0.717, 1.165) is 67.1 Å². The first-order valence-electron chi connectivity index (χ1n) is 11.3. The summed E-state index contributed by atoms with van der Waals surface area (Å²) in [6, 6.07) is 6.38. The molecule has 2 saturated heterocycles. The van der Waals surface area contributed by atoms with E-state index < -0.39 is 5.24 Å². The van der Waals surface area contributed by atoms with E-state index in [1.807, 2.05) is 13.0 Å². The van der Waals surface area contributed by atoms with Crippen LogP contribution in [-0.4, -0.2) is 80.5 Å². The van der Waals surface area contributed by atoms with E-state index in [1.54, 1.807) is 12.3 Å². The molecule has 0 amide bonds. The fourth-order valence-electron chi connectivity index (χ4n) is 4.82. The molecule has 1 atom stereocenters. The number of ether oxygens (including phenoxy) is 1. The molecule has 2 aliphatic rings. The number of aryl methyl sites for hydroxylation is 1. The normalized spacial score (nSPS) is 20.5. The molecule has 6 radical (unpaired) electrons. The van der Waals surface area contributed by atoms with Crippen LogP contribution in [0.15, 0.2) is 24.4 Å². The fraction of sp³-hybridized carbons (Fsp3) is 0.500. The first-order valence-corrected chi connectivity index (χ1v) is 11.6. The van der Waals surface area contributed by atoms with Gasteiger partial charge in [0.15, 0.2) is 0 Å². The minimum absolute atomic E-state index is 0.400. The van der Waals surface area contributed by atoms with Gasteiger partial charge in [-0.1, -0.05) is 11.6 Å². The van der Waals surface area contributed by atoms with Crippen LogP contribution in [0.1, 0.15) is 36.4 Å². The summed E-state index contributed by atoms with van der Waals surface area (Å²) < 4.78 is 6.87. The second-order valence-corrected chi connectivity index (χ2v) is 9.46. The Hall–Kier alpha value is -2.03. The zero-order valence-electron chi connectivity index (χ0n) is 18.7. The van der Waals surface area contributed by atoms with Crippen molar-refractivity contribution >= 4 is 57.8 Å². The predicted molar refractivity (Wildman–Crippen MR) is 133 cm³/mol. The van der Waals surface area contributed by atoms with Gasteiger partial charge in [-0.05, 0) is 68.1 Å². The maximum Gasteiger partial charge on any atom is 0.228 e. The van der Waals surface area contributed by atoms with Crippen LogP contribution in [0.5, 0.6) is 0 Å². The molecular weight excluding hydrogens is 432 g/mol. The minimum atomic E-state index is -1.65. The summed E-state index contributed by atoms with van der Waals surface area (Å²) >= 11 is 6.69. The summed E-state index contributed by atoms with van der Waals surface area (Å²) in [5.41, 5.74) is 2.68. The number of nitrogens with zero attached hydrogens (tertiary/aromatic N) is 5. The van der Waals surface area contributed by atoms with E-state index >= 15 is 0 Å². The second-order valence-electron chi connectivity index (χ2n) is 9.05. The lowest BCUT2D eigenvalue weighted by atomic mass is 9.49. The fourth-order valence-corrected chi connectivity index (χ4v) is 5.15. The Kier molecular flexibility index (Phi) is 6.18. The first kappa shape index (κ1) is 22.8. The van der Waals surface area contributed by atoms with Gasteiger partial charge in [0.25, 0.3) is 0 Å². The Labute approximate surface area is 202 Å². The molecule has 1 N–H and O–H groups in total. The first-order chi connectivity index (χ1) is 15.8. The van der Waals surface area contributed by atoms with Crippen molar-refractivity contribution < 1.29 is 4.74 Å². The van der Waals surface area contributed by atoms with Crippen molar-refractivity contribution in [3.8, 4) is 0 Å². The third-order valence-electron chi connectivity index (χ3n) is 6.53.